The first-order chi connectivity index (χ1) is 13.0. The largest absolute Gasteiger partial charge is 0.360 e. The Morgan fingerprint density at radius 3 is 2.50 bits per heavy atom. The molecule has 0 atom stereocenters. The lowest BCUT2D eigenvalue weighted by Gasteiger charge is -2.15. The normalized spacial score (nSPS) is 10.5. The van der Waals surface area contributed by atoms with Gasteiger partial charge in [0.25, 0.3) is 5.91 Å². The highest BCUT2D eigenvalue weighted by Crippen LogP contribution is 2.34. The summed E-state index contributed by atoms with van der Waals surface area (Å²) < 4.78 is 5.03. The van der Waals surface area contributed by atoms with Gasteiger partial charge in [-0.15, -0.1) is 12.4 Å². The maximum absolute atomic E-state index is 13.1. The van der Waals surface area contributed by atoms with Crippen molar-refractivity contribution in [3.05, 3.63) is 76.6 Å². The molecule has 0 aliphatic carbocycles. The van der Waals surface area contributed by atoms with Gasteiger partial charge in [0.1, 0.15) is 5.76 Å². The van der Waals surface area contributed by atoms with Gasteiger partial charge in [-0.3, -0.25) is 9.78 Å². The Balaban J connectivity index is 0.00000225. The number of halogens is 2. The first-order valence-electron chi connectivity index (χ1n) is 8.43. The van der Waals surface area contributed by atoms with Crippen molar-refractivity contribution in [3.63, 3.8) is 0 Å². The van der Waals surface area contributed by atoms with Crippen molar-refractivity contribution in [2.75, 3.05) is 5.32 Å². The molecule has 4 aromatic rings. The fraction of sp³-hybridized carbons (Fsp3) is 0.0952. The van der Waals surface area contributed by atoms with Gasteiger partial charge in [0, 0.05) is 22.0 Å². The molecule has 2 heterocycles. The van der Waals surface area contributed by atoms with Crippen molar-refractivity contribution >= 4 is 46.6 Å². The van der Waals surface area contributed by atoms with E-state index < -0.39 is 0 Å². The molecule has 28 heavy (non-hydrogen) atoms. The van der Waals surface area contributed by atoms with Gasteiger partial charge in [0.15, 0.2) is 5.82 Å². The van der Waals surface area contributed by atoms with Crippen molar-refractivity contribution in [1.29, 1.82) is 0 Å². The number of hydrogen-bond donors (Lipinski definition) is 1. The number of anilines is 1. The van der Waals surface area contributed by atoms with E-state index in [1.807, 2.05) is 49.4 Å². The number of pyridine rings is 1. The summed E-state index contributed by atoms with van der Waals surface area (Å²) in [5.41, 5.74) is 3.60. The van der Waals surface area contributed by atoms with Crippen LogP contribution in [0.25, 0.3) is 22.0 Å². The average molecular weight is 414 g/mol. The van der Waals surface area contributed by atoms with Gasteiger partial charge in [-0.25, -0.2) is 0 Å². The van der Waals surface area contributed by atoms with E-state index in [1.54, 1.807) is 19.1 Å². The maximum atomic E-state index is 13.1. The zero-order valence-electron chi connectivity index (χ0n) is 15.2. The van der Waals surface area contributed by atoms with Gasteiger partial charge in [0.05, 0.1) is 16.8 Å². The number of fused-ring (bicyclic) bond motifs is 1. The summed E-state index contributed by atoms with van der Waals surface area (Å²) in [6.07, 6.45) is 0. The highest BCUT2D eigenvalue weighted by molar-refractivity contribution is 6.31. The second-order valence-electron chi connectivity index (χ2n) is 6.25. The molecule has 0 saturated heterocycles. The molecule has 4 rings (SSSR count). The van der Waals surface area contributed by atoms with Crippen molar-refractivity contribution in [2.45, 2.75) is 13.8 Å². The molecule has 1 amide bonds. The quantitative estimate of drug-likeness (QED) is 0.458. The highest BCUT2D eigenvalue weighted by Gasteiger charge is 2.21. The number of rotatable bonds is 3. The molecule has 1 N–H and O–H groups in total. The smallest absolute Gasteiger partial charge is 0.259 e. The molecule has 0 radical (unpaired) electrons. The van der Waals surface area contributed by atoms with E-state index in [2.05, 4.69) is 15.5 Å². The van der Waals surface area contributed by atoms with E-state index >= 15 is 0 Å². The predicted octanol–water partition coefficient (Wildman–Crippen LogP) is 5.83. The molecule has 5 nitrogen and oxygen atoms in total. The summed E-state index contributed by atoms with van der Waals surface area (Å²) in [4.78, 5) is 17.7. The number of aryl methyl sites for hydroxylation is 2. The second-order valence-corrected chi connectivity index (χ2v) is 6.69. The fourth-order valence-corrected chi connectivity index (χ4v) is 3.32. The van der Waals surface area contributed by atoms with Crippen LogP contribution in [0.1, 0.15) is 21.8 Å². The molecule has 0 bridgehead atoms. The maximum Gasteiger partial charge on any atom is 0.259 e. The minimum atomic E-state index is -0.297. The first kappa shape index (κ1) is 19.9. The number of hydrogen-bond acceptors (Lipinski definition) is 4. The molecule has 0 spiro atoms. The van der Waals surface area contributed by atoms with E-state index in [0.29, 0.717) is 27.9 Å². The molecule has 0 fully saturated rings. The lowest BCUT2D eigenvalue weighted by atomic mass is 9.94. The lowest BCUT2D eigenvalue weighted by molar-refractivity contribution is 0.102. The Labute approximate surface area is 173 Å². The van der Waals surface area contributed by atoms with Crippen LogP contribution in [0, 0.1) is 13.8 Å². The third-order valence-electron chi connectivity index (χ3n) is 4.29. The Morgan fingerprint density at radius 1 is 1.07 bits per heavy atom. The summed E-state index contributed by atoms with van der Waals surface area (Å²) >= 11 is 6.23. The Hall–Kier alpha value is -2.89. The molecule has 0 unspecified atom stereocenters. The van der Waals surface area contributed by atoms with Crippen LogP contribution in [-0.2, 0) is 0 Å². The van der Waals surface area contributed by atoms with E-state index in [9.17, 15) is 4.79 Å². The van der Waals surface area contributed by atoms with E-state index in [0.717, 1.165) is 22.0 Å². The van der Waals surface area contributed by atoms with Crippen LogP contribution in [0.5, 0.6) is 0 Å². The summed E-state index contributed by atoms with van der Waals surface area (Å²) in [7, 11) is 0. The zero-order valence-corrected chi connectivity index (χ0v) is 16.8. The van der Waals surface area contributed by atoms with Crippen LogP contribution >= 0.6 is 24.0 Å². The monoisotopic (exact) mass is 413 g/mol. The van der Waals surface area contributed by atoms with Crippen LogP contribution in [0.3, 0.4) is 0 Å². The van der Waals surface area contributed by atoms with Gasteiger partial charge in [0.2, 0.25) is 0 Å². The topological polar surface area (TPSA) is 68.0 Å². The third-order valence-corrected chi connectivity index (χ3v) is 4.52. The van der Waals surface area contributed by atoms with E-state index in [1.165, 1.54) is 0 Å². The summed E-state index contributed by atoms with van der Waals surface area (Å²) in [6.45, 7) is 3.59. The van der Waals surface area contributed by atoms with Crippen molar-refractivity contribution < 1.29 is 9.32 Å². The molecular weight excluding hydrogens is 397 g/mol. The minimum absolute atomic E-state index is 0. The number of aromatic nitrogens is 2. The van der Waals surface area contributed by atoms with E-state index in [4.69, 9.17) is 16.1 Å². The van der Waals surface area contributed by atoms with Gasteiger partial charge in [-0.05, 0) is 37.6 Å². The summed E-state index contributed by atoms with van der Waals surface area (Å²) in [5.74, 6) is 0.685. The van der Waals surface area contributed by atoms with Gasteiger partial charge < -0.3 is 9.84 Å². The SMILES string of the molecule is Cc1cc(NC(=O)c2c(C)nc3ccc(Cl)cc3c2-c2ccccc2)no1.Cl. The molecule has 0 aliphatic heterocycles. The number of carbonyl (C=O) groups is 1. The first-order valence-corrected chi connectivity index (χ1v) is 8.80. The average Bonchev–Trinajstić information content (AvgIpc) is 3.06. The fourth-order valence-electron chi connectivity index (χ4n) is 3.14. The molecule has 142 valence electrons. The standard InChI is InChI=1S/C21H16ClN3O2.ClH/c1-12-10-18(25-27-12)24-21(26)19-13(2)23-17-9-8-15(22)11-16(17)20(19)14-6-4-3-5-7-14;/h3-11H,1-2H3,(H,24,25,26);1H. The third kappa shape index (κ3) is 3.72. The van der Waals surface area contributed by atoms with Crippen LogP contribution in [0.2, 0.25) is 5.02 Å². The molecule has 7 heteroatoms. The summed E-state index contributed by atoms with van der Waals surface area (Å²) in [6, 6.07) is 16.9. The highest BCUT2D eigenvalue weighted by atomic mass is 35.5. The number of carbonyl (C=O) groups excluding carboxylic acids is 1. The lowest BCUT2D eigenvalue weighted by Crippen LogP contribution is -2.16. The molecule has 0 aliphatic rings. The van der Waals surface area contributed by atoms with Crippen molar-refractivity contribution in [2.24, 2.45) is 0 Å². The van der Waals surface area contributed by atoms with Crippen LogP contribution in [-0.4, -0.2) is 16.0 Å². The Kier molecular flexibility index (Phi) is 5.68. The van der Waals surface area contributed by atoms with Crippen molar-refractivity contribution in [1.82, 2.24) is 10.1 Å². The van der Waals surface area contributed by atoms with Crippen LogP contribution < -0.4 is 5.32 Å². The molecule has 2 aromatic heterocycles. The number of nitrogens with zero attached hydrogens (tertiary/aromatic N) is 2. The zero-order chi connectivity index (χ0) is 19.0. The molecular formula is C21H17Cl2N3O2. The number of nitrogens with one attached hydrogen (secondary N) is 1. The summed E-state index contributed by atoms with van der Waals surface area (Å²) in [5, 5.41) is 8.04. The van der Waals surface area contributed by atoms with Crippen molar-refractivity contribution in [3.8, 4) is 11.1 Å². The molecule has 2 aromatic carbocycles. The van der Waals surface area contributed by atoms with Crippen LogP contribution in [0.15, 0.2) is 59.1 Å². The van der Waals surface area contributed by atoms with E-state index in [-0.39, 0.29) is 18.3 Å². The molecule has 0 saturated carbocycles. The Morgan fingerprint density at radius 2 is 1.82 bits per heavy atom. The number of amides is 1. The van der Waals surface area contributed by atoms with Gasteiger partial charge in [-0.2, -0.15) is 0 Å². The Bertz CT molecular complexity index is 1160. The minimum Gasteiger partial charge on any atom is -0.360 e. The van der Waals surface area contributed by atoms with Gasteiger partial charge >= 0.3 is 0 Å². The second kappa shape index (κ2) is 8.00. The van der Waals surface area contributed by atoms with Gasteiger partial charge in [-0.1, -0.05) is 47.1 Å². The van der Waals surface area contributed by atoms with Crippen LogP contribution in [0.4, 0.5) is 5.82 Å². The number of benzene rings is 2. The predicted molar refractivity (Wildman–Crippen MR) is 113 cm³/mol.